The van der Waals surface area contributed by atoms with Crippen LogP contribution >= 0.6 is 0 Å². The molecule has 1 aliphatic rings. The van der Waals surface area contributed by atoms with Gasteiger partial charge < -0.3 is 19.3 Å². The van der Waals surface area contributed by atoms with E-state index in [1.165, 1.54) is 7.11 Å². The number of hydrogen-bond donors (Lipinski definition) is 1. The van der Waals surface area contributed by atoms with Crippen LogP contribution in [0.1, 0.15) is 33.4 Å². The minimum atomic E-state index is -0.950. The highest BCUT2D eigenvalue weighted by Crippen LogP contribution is 2.29. The third-order valence-electron chi connectivity index (χ3n) is 4.90. The van der Waals surface area contributed by atoms with Crippen LogP contribution in [0.25, 0.3) is 0 Å². The lowest BCUT2D eigenvalue weighted by atomic mass is 10.0. The molecule has 2 aromatic rings. The van der Waals surface area contributed by atoms with Crippen molar-refractivity contribution in [1.82, 2.24) is 15.0 Å². The van der Waals surface area contributed by atoms with Crippen LogP contribution in [0.15, 0.2) is 28.8 Å². The normalized spacial score (nSPS) is 16.2. The predicted octanol–water partition coefficient (Wildman–Crippen LogP) is 1.88. The lowest BCUT2D eigenvalue weighted by Crippen LogP contribution is -2.51. The van der Waals surface area contributed by atoms with Gasteiger partial charge >= 0.3 is 5.97 Å². The molecule has 0 aliphatic carbocycles. The van der Waals surface area contributed by atoms with Gasteiger partial charge in [0.2, 0.25) is 0 Å². The van der Waals surface area contributed by atoms with Gasteiger partial charge in [-0.05, 0) is 26.0 Å². The first-order valence-corrected chi connectivity index (χ1v) is 8.76. The number of hydrogen-bond acceptors (Lipinski definition) is 6. The van der Waals surface area contributed by atoms with E-state index in [2.05, 4.69) is 5.16 Å². The van der Waals surface area contributed by atoms with Crippen molar-refractivity contribution in [3.05, 3.63) is 46.8 Å². The van der Waals surface area contributed by atoms with Gasteiger partial charge in [0.25, 0.3) is 5.91 Å². The van der Waals surface area contributed by atoms with Crippen LogP contribution in [-0.2, 0) is 4.79 Å². The topological polar surface area (TPSA) is 96.1 Å². The van der Waals surface area contributed by atoms with E-state index in [0.29, 0.717) is 54.5 Å². The number of nitrogens with zero attached hydrogens (tertiary/aromatic N) is 3. The molecule has 27 heavy (non-hydrogen) atoms. The number of aromatic nitrogens is 1. The highest BCUT2D eigenvalue weighted by atomic mass is 16.5. The van der Waals surface area contributed by atoms with E-state index in [1.54, 1.807) is 36.9 Å². The molecule has 1 aromatic heterocycles. The number of ether oxygens (including phenoxy) is 1. The van der Waals surface area contributed by atoms with Gasteiger partial charge in [-0.15, -0.1) is 0 Å². The number of piperazine rings is 1. The van der Waals surface area contributed by atoms with Crippen molar-refractivity contribution in [2.45, 2.75) is 19.9 Å². The van der Waals surface area contributed by atoms with Crippen molar-refractivity contribution in [3.8, 4) is 5.75 Å². The summed E-state index contributed by atoms with van der Waals surface area (Å²) in [4.78, 5) is 28.3. The summed E-state index contributed by atoms with van der Waals surface area (Å²) in [7, 11) is 1.53. The highest BCUT2D eigenvalue weighted by molar-refractivity contribution is 5.97. The number of carbonyl (C=O) groups is 2. The summed E-state index contributed by atoms with van der Waals surface area (Å²) in [6, 6.07) is 6.26. The van der Waals surface area contributed by atoms with Crippen LogP contribution in [0, 0.1) is 13.8 Å². The SMILES string of the molecule is COc1ccccc1C(=O)N1CCN([C@@H](C(=O)O)c2c(C)noc2C)CC1. The fraction of sp³-hybridized carbons (Fsp3) is 0.421. The molecule has 0 spiro atoms. The number of para-hydroxylation sites is 1. The molecule has 1 aromatic carbocycles. The smallest absolute Gasteiger partial charge is 0.325 e. The summed E-state index contributed by atoms with van der Waals surface area (Å²) in [6.45, 7) is 5.22. The lowest BCUT2D eigenvalue weighted by molar-refractivity contribution is -0.144. The molecule has 2 heterocycles. The van der Waals surface area contributed by atoms with E-state index in [9.17, 15) is 14.7 Å². The van der Waals surface area contributed by atoms with Gasteiger partial charge in [-0.1, -0.05) is 17.3 Å². The molecule has 1 amide bonds. The van der Waals surface area contributed by atoms with Crippen LogP contribution in [-0.4, -0.2) is 65.2 Å². The number of carboxylic acids is 1. The Labute approximate surface area is 157 Å². The number of carbonyl (C=O) groups excluding carboxylic acids is 1. The molecule has 0 unspecified atom stereocenters. The number of rotatable bonds is 5. The molecule has 8 heteroatoms. The summed E-state index contributed by atoms with van der Waals surface area (Å²) >= 11 is 0. The maximum Gasteiger partial charge on any atom is 0.325 e. The zero-order chi connectivity index (χ0) is 19.6. The van der Waals surface area contributed by atoms with Gasteiger partial charge in [-0.3, -0.25) is 14.5 Å². The fourth-order valence-electron chi connectivity index (χ4n) is 3.52. The van der Waals surface area contributed by atoms with E-state index >= 15 is 0 Å². The molecule has 144 valence electrons. The van der Waals surface area contributed by atoms with Gasteiger partial charge in [0.15, 0.2) is 0 Å². The van der Waals surface area contributed by atoms with E-state index in [0.717, 1.165) is 0 Å². The summed E-state index contributed by atoms with van der Waals surface area (Å²) in [6.07, 6.45) is 0. The Morgan fingerprint density at radius 2 is 1.85 bits per heavy atom. The van der Waals surface area contributed by atoms with Crippen LogP contribution in [0.3, 0.4) is 0 Å². The van der Waals surface area contributed by atoms with Crippen molar-refractivity contribution in [2.24, 2.45) is 0 Å². The van der Waals surface area contributed by atoms with Gasteiger partial charge in [-0.2, -0.15) is 0 Å². The third kappa shape index (κ3) is 3.66. The molecular weight excluding hydrogens is 350 g/mol. The summed E-state index contributed by atoms with van der Waals surface area (Å²) in [5.41, 5.74) is 1.67. The average molecular weight is 373 g/mol. The number of benzene rings is 1. The Morgan fingerprint density at radius 1 is 1.19 bits per heavy atom. The van der Waals surface area contributed by atoms with Gasteiger partial charge in [0, 0.05) is 31.7 Å². The summed E-state index contributed by atoms with van der Waals surface area (Å²) in [5, 5.41) is 13.6. The van der Waals surface area contributed by atoms with E-state index in [4.69, 9.17) is 9.26 Å². The predicted molar refractivity (Wildman–Crippen MR) is 96.8 cm³/mol. The molecule has 1 atom stereocenters. The second-order valence-electron chi connectivity index (χ2n) is 6.51. The van der Waals surface area contributed by atoms with Crippen LogP contribution < -0.4 is 4.74 Å². The zero-order valence-electron chi connectivity index (χ0n) is 15.6. The molecule has 3 rings (SSSR count). The Balaban J connectivity index is 1.74. The Morgan fingerprint density at radius 3 is 2.41 bits per heavy atom. The summed E-state index contributed by atoms with van der Waals surface area (Å²) < 4.78 is 10.4. The molecule has 0 bridgehead atoms. The second-order valence-corrected chi connectivity index (χ2v) is 6.51. The molecule has 0 radical (unpaired) electrons. The minimum absolute atomic E-state index is 0.115. The van der Waals surface area contributed by atoms with Crippen LogP contribution in [0.2, 0.25) is 0 Å². The van der Waals surface area contributed by atoms with Crippen LogP contribution in [0.4, 0.5) is 0 Å². The quantitative estimate of drug-likeness (QED) is 0.855. The first-order valence-electron chi connectivity index (χ1n) is 8.76. The van der Waals surface area contributed by atoms with Crippen molar-refractivity contribution < 1.29 is 24.0 Å². The molecule has 1 saturated heterocycles. The van der Waals surface area contributed by atoms with E-state index < -0.39 is 12.0 Å². The van der Waals surface area contributed by atoms with Crippen molar-refractivity contribution in [3.63, 3.8) is 0 Å². The standard InChI is InChI=1S/C19H23N3O5/c1-12-16(13(2)27-20-12)17(19(24)25)21-8-10-22(11-9-21)18(23)14-6-4-5-7-15(14)26-3/h4-7,17H,8-11H2,1-3H3,(H,24,25)/t17-/m1/s1. The van der Waals surface area contributed by atoms with Gasteiger partial charge in [0.05, 0.1) is 18.4 Å². The first kappa shape index (κ1) is 18.9. The van der Waals surface area contributed by atoms with Gasteiger partial charge in [0.1, 0.15) is 17.6 Å². The van der Waals surface area contributed by atoms with Crippen molar-refractivity contribution in [1.29, 1.82) is 0 Å². The molecule has 0 saturated carbocycles. The number of aliphatic carboxylic acids is 1. The monoisotopic (exact) mass is 373 g/mol. The fourth-order valence-corrected chi connectivity index (χ4v) is 3.52. The number of methoxy groups -OCH3 is 1. The first-order chi connectivity index (χ1) is 12.9. The Hall–Kier alpha value is -2.87. The molecule has 1 fully saturated rings. The second kappa shape index (κ2) is 7.79. The highest BCUT2D eigenvalue weighted by Gasteiger charge is 2.35. The minimum Gasteiger partial charge on any atom is -0.496 e. The van der Waals surface area contributed by atoms with E-state index in [-0.39, 0.29) is 5.91 Å². The lowest BCUT2D eigenvalue weighted by Gasteiger charge is -2.37. The van der Waals surface area contributed by atoms with Gasteiger partial charge in [-0.25, -0.2) is 0 Å². The Bertz CT molecular complexity index is 820. The van der Waals surface area contributed by atoms with Crippen molar-refractivity contribution >= 4 is 11.9 Å². The number of aryl methyl sites for hydroxylation is 2. The molecular formula is C19H23N3O5. The van der Waals surface area contributed by atoms with Crippen molar-refractivity contribution in [2.75, 3.05) is 33.3 Å². The maximum atomic E-state index is 12.8. The summed E-state index contributed by atoms with van der Waals surface area (Å²) in [5.74, 6) is -0.0262. The zero-order valence-corrected chi connectivity index (χ0v) is 15.6. The number of carboxylic acid groups (broad SMARTS) is 1. The molecule has 1 aliphatic heterocycles. The molecule has 1 N–H and O–H groups in total. The average Bonchev–Trinajstić information content (AvgIpc) is 3.00. The largest absolute Gasteiger partial charge is 0.496 e. The molecule has 8 nitrogen and oxygen atoms in total. The number of amides is 1. The third-order valence-corrected chi connectivity index (χ3v) is 4.90. The van der Waals surface area contributed by atoms with Crippen LogP contribution in [0.5, 0.6) is 5.75 Å². The maximum absolute atomic E-state index is 12.8. The Kier molecular flexibility index (Phi) is 5.46. The van der Waals surface area contributed by atoms with E-state index in [1.807, 2.05) is 11.0 Å².